The van der Waals surface area contributed by atoms with Crippen molar-refractivity contribution in [1.29, 1.82) is 0 Å². The van der Waals surface area contributed by atoms with Gasteiger partial charge in [0.25, 0.3) is 6.47 Å². The Morgan fingerprint density at radius 2 is 1.94 bits per heavy atom. The zero-order valence-corrected chi connectivity index (χ0v) is 10.2. The number of aliphatic hydroxyl groups excluding tert-OH is 1. The van der Waals surface area contributed by atoms with Crippen molar-refractivity contribution in [3.8, 4) is 0 Å². The molecule has 4 nitrogen and oxygen atoms in total. The molecular formula is C11H22FNO3. The van der Waals surface area contributed by atoms with Gasteiger partial charge in [-0.15, -0.1) is 0 Å². The minimum atomic E-state index is -1.60. The van der Waals surface area contributed by atoms with E-state index in [1.54, 1.807) is 0 Å². The van der Waals surface area contributed by atoms with Gasteiger partial charge < -0.3 is 15.2 Å². The normalized spacial score (nSPS) is 19.3. The van der Waals surface area contributed by atoms with Gasteiger partial charge in [-0.2, -0.15) is 0 Å². The number of piperidine rings is 1. The number of halogens is 1. The lowest BCUT2D eigenvalue weighted by molar-refractivity contribution is -0.138. The van der Waals surface area contributed by atoms with Crippen LogP contribution in [0.4, 0.5) is 4.39 Å². The lowest BCUT2D eigenvalue weighted by Crippen LogP contribution is -2.32. The van der Waals surface area contributed by atoms with Gasteiger partial charge >= 0.3 is 0 Å². The van der Waals surface area contributed by atoms with E-state index in [0.29, 0.717) is 6.47 Å². The molecule has 1 saturated heterocycles. The highest BCUT2D eigenvalue weighted by atomic mass is 19.1. The standard InChI is InChI=1S/C6H12FNO.C5H10O2/c7-6(9)5-1-3-8-4-2-5;1-5(2,3)7-4-6/h5-6,8-9H,1-4H2;4H,1-3H3. The van der Waals surface area contributed by atoms with E-state index in [9.17, 15) is 9.18 Å². The Kier molecular flexibility index (Phi) is 7.25. The van der Waals surface area contributed by atoms with Crippen molar-refractivity contribution in [3.05, 3.63) is 0 Å². The van der Waals surface area contributed by atoms with Crippen molar-refractivity contribution < 1.29 is 19.0 Å². The number of carbonyl (C=O) groups is 1. The summed E-state index contributed by atoms with van der Waals surface area (Å²) in [4.78, 5) is 9.60. The fourth-order valence-corrected chi connectivity index (χ4v) is 1.26. The van der Waals surface area contributed by atoms with Crippen molar-refractivity contribution in [3.63, 3.8) is 0 Å². The van der Waals surface area contributed by atoms with E-state index in [4.69, 9.17) is 5.11 Å². The summed E-state index contributed by atoms with van der Waals surface area (Å²) >= 11 is 0. The van der Waals surface area contributed by atoms with Crippen LogP contribution >= 0.6 is 0 Å². The van der Waals surface area contributed by atoms with Crippen molar-refractivity contribution >= 4 is 6.47 Å². The first kappa shape index (κ1) is 15.3. The SMILES string of the molecule is CC(C)(C)OC=O.OC(F)C1CCNCC1. The fraction of sp³-hybridized carbons (Fsp3) is 0.909. The van der Waals surface area contributed by atoms with Crippen molar-refractivity contribution in [2.45, 2.75) is 45.6 Å². The molecule has 0 aromatic carbocycles. The summed E-state index contributed by atoms with van der Waals surface area (Å²) in [5.74, 6) is -0.119. The van der Waals surface area contributed by atoms with Crippen LogP contribution in [-0.2, 0) is 9.53 Å². The molecule has 1 fully saturated rings. The molecule has 5 heteroatoms. The molecule has 1 unspecified atom stereocenters. The van der Waals surface area contributed by atoms with E-state index in [1.807, 2.05) is 20.8 Å². The van der Waals surface area contributed by atoms with Crippen LogP contribution < -0.4 is 5.32 Å². The second kappa shape index (κ2) is 7.57. The van der Waals surface area contributed by atoms with Crippen LogP contribution in [0.15, 0.2) is 0 Å². The van der Waals surface area contributed by atoms with Gasteiger partial charge in [-0.1, -0.05) is 0 Å². The van der Waals surface area contributed by atoms with Gasteiger partial charge in [0.05, 0.1) is 0 Å². The van der Waals surface area contributed by atoms with Gasteiger partial charge in [-0.05, 0) is 46.7 Å². The van der Waals surface area contributed by atoms with Crippen LogP contribution in [0.25, 0.3) is 0 Å². The zero-order valence-electron chi connectivity index (χ0n) is 10.2. The second-order valence-corrected chi connectivity index (χ2v) is 4.79. The minimum absolute atomic E-state index is 0.119. The van der Waals surface area contributed by atoms with Gasteiger partial charge in [0.1, 0.15) is 5.60 Å². The highest BCUT2D eigenvalue weighted by Crippen LogP contribution is 2.16. The molecule has 16 heavy (non-hydrogen) atoms. The van der Waals surface area contributed by atoms with E-state index in [2.05, 4.69) is 10.1 Å². The molecule has 2 N–H and O–H groups in total. The van der Waals surface area contributed by atoms with Crippen LogP contribution in [-0.4, -0.2) is 36.6 Å². The fourth-order valence-electron chi connectivity index (χ4n) is 1.26. The lowest BCUT2D eigenvalue weighted by atomic mass is 9.98. The molecule has 0 bridgehead atoms. The maximum absolute atomic E-state index is 12.1. The summed E-state index contributed by atoms with van der Waals surface area (Å²) in [6.45, 7) is 7.60. The summed E-state index contributed by atoms with van der Waals surface area (Å²) in [5, 5.41) is 11.6. The van der Waals surface area contributed by atoms with E-state index in [1.165, 1.54) is 0 Å². The number of hydrogen-bond acceptors (Lipinski definition) is 4. The first-order chi connectivity index (χ1) is 7.37. The summed E-state index contributed by atoms with van der Waals surface area (Å²) in [7, 11) is 0. The van der Waals surface area contributed by atoms with Crippen LogP contribution in [0.2, 0.25) is 0 Å². The third-order valence-electron chi connectivity index (χ3n) is 2.17. The maximum atomic E-state index is 12.1. The number of carbonyl (C=O) groups excluding carboxylic acids is 1. The van der Waals surface area contributed by atoms with Crippen LogP contribution in [0.3, 0.4) is 0 Å². The molecule has 1 aliphatic heterocycles. The van der Waals surface area contributed by atoms with Gasteiger partial charge in [0, 0.05) is 5.92 Å². The second-order valence-electron chi connectivity index (χ2n) is 4.79. The molecule has 0 saturated carbocycles. The maximum Gasteiger partial charge on any atom is 0.293 e. The Labute approximate surface area is 96.2 Å². The largest absolute Gasteiger partial charge is 0.462 e. The van der Waals surface area contributed by atoms with Gasteiger partial charge in [0.15, 0.2) is 6.36 Å². The van der Waals surface area contributed by atoms with E-state index in [-0.39, 0.29) is 11.5 Å². The van der Waals surface area contributed by atoms with Crippen LogP contribution in [0.1, 0.15) is 33.6 Å². The molecule has 0 aliphatic carbocycles. The Bertz CT molecular complexity index is 186. The average Bonchev–Trinajstić information content (AvgIpc) is 2.18. The molecule has 1 rings (SSSR count). The predicted octanol–water partition coefficient (Wildman–Crippen LogP) is 1.23. The predicted molar refractivity (Wildman–Crippen MR) is 59.6 cm³/mol. The number of aliphatic hydroxyl groups is 1. The van der Waals surface area contributed by atoms with E-state index >= 15 is 0 Å². The summed E-state index contributed by atoms with van der Waals surface area (Å²) in [6, 6.07) is 0. The molecular weight excluding hydrogens is 213 g/mol. The Balaban J connectivity index is 0.000000293. The molecule has 0 amide bonds. The number of alkyl halides is 1. The third kappa shape index (κ3) is 8.61. The third-order valence-corrected chi connectivity index (χ3v) is 2.17. The van der Waals surface area contributed by atoms with Gasteiger partial charge in [-0.25, -0.2) is 4.39 Å². The van der Waals surface area contributed by atoms with E-state index in [0.717, 1.165) is 25.9 Å². The minimum Gasteiger partial charge on any atom is -0.462 e. The molecule has 0 radical (unpaired) electrons. The quantitative estimate of drug-likeness (QED) is 0.707. The smallest absolute Gasteiger partial charge is 0.293 e. The number of nitrogens with one attached hydrogen (secondary N) is 1. The summed E-state index contributed by atoms with van der Waals surface area (Å²) in [5.41, 5.74) is -0.318. The first-order valence-electron chi connectivity index (χ1n) is 5.51. The van der Waals surface area contributed by atoms with E-state index < -0.39 is 6.36 Å². The Morgan fingerprint density at radius 1 is 1.44 bits per heavy atom. The molecule has 96 valence electrons. The highest BCUT2D eigenvalue weighted by Gasteiger charge is 2.19. The topological polar surface area (TPSA) is 58.6 Å². The highest BCUT2D eigenvalue weighted by molar-refractivity contribution is 5.37. The Hall–Kier alpha value is -0.680. The monoisotopic (exact) mass is 235 g/mol. The Morgan fingerprint density at radius 3 is 2.12 bits per heavy atom. The van der Waals surface area contributed by atoms with Crippen molar-refractivity contribution in [1.82, 2.24) is 5.32 Å². The lowest BCUT2D eigenvalue weighted by Gasteiger charge is -2.22. The van der Waals surface area contributed by atoms with Gasteiger partial charge in [0.2, 0.25) is 0 Å². The summed E-state index contributed by atoms with van der Waals surface area (Å²) < 4.78 is 16.7. The molecule has 0 aromatic rings. The van der Waals surface area contributed by atoms with Gasteiger partial charge in [-0.3, -0.25) is 4.79 Å². The number of ether oxygens (including phenoxy) is 1. The average molecular weight is 235 g/mol. The van der Waals surface area contributed by atoms with Crippen molar-refractivity contribution in [2.24, 2.45) is 5.92 Å². The molecule has 1 heterocycles. The first-order valence-corrected chi connectivity index (χ1v) is 5.51. The number of rotatable bonds is 2. The van der Waals surface area contributed by atoms with Crippen LogP contribution in [0, 0.1) is 5.92 Å². The van der Waals surface area contributed by atoms with Crippen molar-refractivity contribution in [2.75, 3.05) is 13.1 Å². The molecule has 0 spiro atoms. The number of hydrogen-bond donors (Lipinski definition) is 2. The summed E-state index contributed by atoms with van der Waals surface area (Å²) in [6.07, 6.45) is -0.0814. The molecule has 0 aromatic heterocycles. The molecule has 1 aliphatic rings. The van der Waals surface area contributed by atoms with Crippen LogP contribution in [0.5, 0.6) is 0 Å². The zero-order chi connectivity index (χ0) is 12.6. The molecule has 1 atom stereocenters.